The van der Waals surface area contributed by atoms with Crippen molar-refractivity contribution in [2.75, 3.05) is 4.31 Å². The Hall–Kier alpha value is -3.61. The normalized spacial score (nSPS) is 18.6. The molecule has 2 aliphatic rings. The lowest BCUT2D eigenvalue weighted by Gasteiger charge is -2.38. The summed E-state index contributed by atoms with van der Waals surface area (Å²) in [5, 5.41) is 9.90. The van der Waals surface area contributed by atoms with E-state index in [1.807, 2.05) is 12.1 Å². The van der Waals surface area contributed by atoms with Crippen LogP contribution in [0.2, 0.25) is 0 Å². The highest BCUT2D eigenvalue weighted by Gasteiger charge is 2.47. The fraction of sp³-hybridized carbons (Fsp3) is 0.0800. The van der Waals surface area contributed by atoms with Crippen LogP contribution < -0.4 is 10.0 Å². The van der Waals surface area contributed by atoms with Gasteiger partial charge in [-0.1, -0.05) is 52.3 Å². The smallest absolute Gasteiger partial charge is 0.265 e. The van der Waals surface area contributed by atoms with Crippen LogP contribution in [0.5, 0.6) is 0 Å². The number of ether oxygens (including phenoxy) is 1. The van der Waals surface area contributed by atoms with Crippen molar-refractivity contribution in [3.63, 3.8) is 0 Å². The molecule has 1 atom stereocenters. The molecule has 0 bridgehead atoms. The molecular weight excluding hydrogens is 521 g/mol. The number of fused-ring (bicyclic) bond motifs is 2. The van der Waals surface area contributed by atoms with Gasteiger partial charge in [0.15, 0.2) is 5.76 Å². The van der Waals surface area contributed by atoms with Gasteiger partial charge in [-0.25, -0.2) is 12.8 Å². The molecule has 0 fully saturated rings. The number of sulfonamides is 1. The second-order valence-electron chi connectivity index (χ2n) is 7.83. The molecule has 34 heavy (non-hydrogen) atoms. The third-order valence-corrected chi connectivity index (χ3v) is 8.16. The van der Waals surface area contributed by atoms with Crippen LogP contribution in [0.1, 0.15) is 22.6 Å². The van der Waals surface area contributed by atoms with Crippen LogP contribution >= 0.6 is 15.9 Å². The van der Waals surface area contributed by atoms with Crippen LogP contribution in [-0.4, -0.2) is 8.42 Å². The average molecular weight is 538 g/mol. The summed E-state index contributed by atoms with van der Waals surface area (Å²) in [6.07, 6.45) is 0. The lowest BCUT2D eigenvalue weighted by molar-refractivity contribution is 0.357. The number of nitrogens with zero attached hydrogens (tertiary/aromatic N) is 2. The summed E-state index contributed by atoms with van der Waals surface area (Å²) >= 11 is 3.42. The SMILES string of the molecule is N#CC1=C(N)OC2=C(C1c1cccc(Br)c1)S(=O)(=O)N(Cc1ccc(F)cc1)c1ccccc12. The Morgan fingerprint density at radius 3 is 2.53 bits per heavy atom. The number of halogens is 2. The molecule has 170 valence electrons. The van der Waals surface area contributed by atoms with E-state index in [0.717, 1.165) is 4.47 Å². The topological polar surface area (TPSA) is 96.4 Å². The number of benzene rings is 3. The number of nitrogens with two attached hydrogens (primary N) is 1. The average Bonchev–Trinajstić information content (AvgIpc) is 2.82. The van der Waals surface area contributed by atoms with Gasteiger partial charge in [0.05, 0.1) is 18.2 Å². The Kier molecular flexibility index (Phi) is 5.42. The maximum atomic E-state index is 14.1. The highest BCUT2D eigenvalue weighted by molar-refractivity contribution is 9.10. The van der Waals surface area contributed by atoms with Gasteiger partial charge < -0.3 is 10.5 Å². The highest BCUT2D eigenvalue weighted by atomic mass is 79.9. The van der Waals surface area contributed by atoms with E-state index < -0.39 is 21.8 Å². The molecule has 0 aromatic heterocycles. The minimum Gasteiger partial charge on any atom is -0.439 e. The molecule has 2 aliphatic heterocycles. The Labute approximate surface area is 204 Å². The fourth-order valence-electron chi connectivity index (χ4n) is 4.25. The van der Waals surface area contributed by atoms with E-state index in [1.165, 1.54) is 16.4 Å². The number of rotatable bonds is 3. The Morgan fingerprint density at radius 1 is 1.09 bits per heavy atom. The summed E-state index contributed by atoms with van der Waals surface area (Å²) in [5.41, 5.74) is 8.27. The molecule has 0 saturated carbocycles. The molecule has 3 aromatic rings. The largest absolute Gasteiger partial charge is 0.439 e. The molecule has 0 amide bonds. The maximum Gasteiger partial charge on any atom is 0.265 e. The van der Waals surface area contributed by atoms with Crippen molar-refractivity contribution in [2.45, 2.75) is 12.5 Å². The van der Waals surface area contributed by atoms with Gasteiger partial charge in [0, 0.05) is 10.0 Å². The third-order valence-electron chi connectivity index (χ3n) is 5.78. The number of anilines is 1. The molecule has 0 radical (unpaired) electrons. The first kappa shape index (κ1) is 22.2. The van der Waals surface area contributed by atoms with E-state index >= 15 is 0 Å². The van der Waals surface area contributed by atoms with Crippen LogP contribution in [0.25, 0.3) is 5.76 Å². The van der Waals surface area contributed by atoms with Crippen molar-refractivity contribution in [1.82, 2.24) is 0 Å². The predicted molar refractivity (Wildman–Crippen MR) is 130 cm³/mol. The standard InChI is InChI=1S/C25H17BrFN3O3S/c26-17-5-3-4-16(12-17)22-20(13-28)25(29)33-23-19-6-1-2-7-21(19)30(34(31,32)24(22)23)14-15-8-10-18(27)11-9-15/h1-12,22H,14,29H2. The van der Waals surface area contributed by atoms with E-state index in [1.54, 1.807) is 54.6 Å². The molecule has 5 rings (SSSR count). The summed E-state index contributed by atoms with van der Waals surface area (Å²) in [4.78, 5) is -0.0582. The molecule has 9 heteroatoms. The summed E-state index contributed by atoms with van der Waals surface area (Å²) < 4.78 is 49.5. The molecule has 2 N–H and O–H groups in total. The van der Waals surface area contributed by atoms with Crippen molar-refractivity contribution in [3.8, 4) is 6.07 Å². The van der Waals surface area contributed by atoms with Crippen LogP contribution in [0.3, 0.4) is 0 Å². The van der Waals surface area contributed by atoms with Gasteiger partial charge in [0.25, 0.3) is 10.0 Å². The van der Waals surface area contributed by atoms with Gasteiger partial charge in [-0.2, -0.15) is 5.26 Å². The van der Waals surface area contributed by atoms with Gasteiger partial charge in [-0.05, 0) is 47.5 Å². The van der Waals surface area contributed by atoms with Crippen molar-refractivity contribution < 1.29 is 17.5 Å². The van der Waals surface area contributed by atoms with Gasteiger partial charge in [0.2, 0.25) is 5.88 Å². The number of hydrogen-bond acceptors (Lipinski definition) is 5. The maximum absolute atomic E-state index is 14.1. The van der Waals surface area contributed by atoms with Crippen LogP contribution in [0.4, 0.5) is 10.1 Å². The lowest BCUT2D eigenvalue weighted by Crippen LogP contribution is -2.39. The van der Waals surface area contributed by atoms with Crippen molar-refractivity contribution >= 4 is 37.4 Å². The number of hydrogen-bond donors (Lipinski definition) is 1. The number of para-hydroxylation sites is 1. The van der Waals surface area contributed by atoms with Crippen molar-refractivity contribution in [1.29, 1.82) is 5.26 Å². The van der Waals surface area contributed by atoms with Crippen LogP contribution in [0, 0.1) is 17.1 Å². The van der Waals surface area contributed by atoms with E-state index in [0.29, 0.717) is 22.4 Å². The molecule has 6 nitrogen and oxygen atoms in total. The first-order chi connectivity index (χ1) is 16.3. The zero-order valence-corrected chi connectivity index (χ0v) is 20.0. The van der Waals surface area contributed by atoms with Crippen LogP contribution in [0.15, 0.2) is 93.6 Å². The van der Waals surface area contributed by atoms with E-state index in [2.05, 4.69) is 15.9 Å². The minimum absolute atomic E-state index is 0.0153. The molecule has 0 aliphatic carbocycles. The van der Waals surface area contributed by atoms with E-state index in [9.17, 15) is 18.1 Å². The lowest BCUT2D eigenvalue weighted by atomic mass is 9.88. The van der Waals surface area contributed by atoms with Gasteiger partial charge in [-0.3, -0.25) is 4.31 Å². The molecular formula is C25H17BrFN3O3S. The summed E-state index contributed by atoms with van der Waals surface area (Å²) in [5.74, 6) is -1.40. The number of nitriles is 1. The monoisotopic (exact) mass is 537 g/mol. The van der Waals surface area contributed by atoms with Crippen LogP contribution in [-0.2, 0) is 21.3 Å². The van der Waals surface area contributed by atoms with Gasteiger partial charge in [0.1, 0.15) is 22.4 Å². The Bertz CT molecular complexity index is 1530. The molecule has 2 heterocycles. The van der Waals surface area contributed by atoms with Crippen molar-refractivity contribution in [2.24, 2.45) is 5.73 Å². The third kappa shape index (κ3) is 3.56. The quantitative estimate of drug-likeness (QED) is 0.500. The Balaban J connectivity index is 1.76. The minimum atomic E-state index is -4.18. The number of allylic oxidation sites excluding steroid dienone is 2. The predicted octanol–water partition coefficient (Wildman–Crippen LogP) is 5.11. The van der Waals surface area contributed by atoms with E-state index in [4.69, 9.17) is 10.5 Å². The summed E-state index contributed by atoms with van der Waals surface area (Å²) in [6, 6.07) is 21.7. The first-order valence-electron chi connectivity index (χ1n) is 10.2. The van der Waals surface area contributed by atoms with Gasteiger partial charge >= 0.3 is 0 Å². The molecule has 1 unspecified atom stereocenters. The van der Waals surface area contributed by atoms with Crippen molar-refractivity contribution in [3.05, 3.63) is 116 Å². The molecule has 0 saturated heterocycles. The highest BCUT2D eigenvalue weighted by Crippen LogP contribution is 2.51. The molecule has 0 spiro atoms. The second-order valence-corrected chi connectivity index (χ2v) is 10.6. The zero-order chi connectivity index (χ0) is 24.0. The van der Waals surface area contributed by atoms with E-state index in [-0.39, 0.29) is 28.7 Å². The Morgan fingerprint density at radius 2 is 1.82 bits per heavy atom. The van der Waals surface area contributed by atoms with Gasteiger partial charge in [-0.15, -0.1) is 0 Å². The summed E-state index contributed by atoms with van der Waals surface area (Å²) in [7, 11) is -4.18. The fourth-order valence-corrected chi connectivity index (χ4v) is 6.58. The summed E-state index contributed by atoms with van der Waals surface area (Å²) in [6.45, 7) is -0.0251. The zero-order valence-electron chi connectivity index (χ0n) is 17.6. The second kappa shape index (κ2) is 8.31. The molecule has 3 aromatic carbocycles. The first-order valence-corrected chi connectivity index (χ1v) is 12.5.